The number of benzene rings is 1. The van der Waals surface area contributed by atoms with Crippen LogP contribution in [0, 0.1) is 5.92 Å². The van der Waals surface area contributed by atoms with E-state index in [1.807, 2.05) is 30.5 Å². The molecule has 0 saturated heterocycles. The topological polar surface area (TPSA) is 65.5 Å². The number of nitrogens with one attached hydrogen (secondary N) is 1. The lowest BCUT2D eigenvalue weighted by molar-refractivity contribution is -0.124. The Labute approximate surface area is 160 Å². The smallest absolute Gasteiger partial charge is 0.234 e. The van der Waals surface area contributed by atoms with E-state index in [1.54, 1.807) is 0 Å². The van der Waals surface area contributed by atoms with E-state index in [-0.39, 0.29) is 24.0 Å². The highest BCUT2D eigenvalue weighted by molar-refractivity contribution is 5.80. The lowest BCUT2D eigenvalue weighted by Gasteiger charge is -2.38. The fourth-order valence-electron chi connectivity index (χ4n) is 4.55. The Morgan fingerprint density at radius 2 is 2.04 bits per heavy atom. The molecule has 2 N–H and O–H groups in total. The molecule has 0 radical (unpaired) electrons. The number of amides is 1. The molecule has 1 aromatic heterocycles. The number of carbonyl (C=O) groups excluding carboxylic acids is 1. The third kappa shape index (κ3) is 4.14. The van der Waals surface area contributed by atoms with Gasteiger partial charge in [0.05, 0.1) is 24.2 Å². The molecule has 1 heterocycles. The van der Waals surface area contributed by atoms with E-state index in [1.165, 1.54) is 25.7 Å². The van der Waals surface area contributed by atoms with E-state index in [9.17, 15) is 9.90 Å². The Hall–Kier alpha value is -1.98. The molecule has 2 saturated carbocycles. The highest BCUT2D eigenvalue weighted by atomic mass is 16.3. The number of aliphatic hydroxyl groups excluding tert-OH is 1. The van der Waals surface area contributed by atoms with Crippen LogP contribution in [0.4, 0.5) is 0 Å². The van der Waals surface area contributed by atoms with Gasteiger partial charge in [0.2, 0.25) is 5.91 Å². The number of carbonyl (C=O) groups is 1. The summed E-state index contributed by atoms with van der Waals surface area (Å²) in [6, 6.07) is 10.6. The Kier molecular flexibility index (Phi) is 5.41. The summed E-state index contributed by atoms with van der Waals surface area (Å²) in [5.41, 5.74) is 1.99. The molecule has 0 unspecified atom stereocenters. The van der Waals surface area contributed by atoms with Crippen molar-refractivity contribution in [1.82, 2.24) is 15.2 Å². The van der Waals surface area contributed by atoms with Crippen molar-refractivity contribution in [2.24, 2.45) is 5.92 Å². The predicted molar refractivity (Wildman–Crippen MR) is 106 cm³/mol. The van der Waals surface area contributed by atoms with Crippen LogP contribution >= 0.6 is 0 Å². The molecular weight excluding hydrogens is 338 g/mol. The lowest BCUT2D eigenvalue weighted by Crippen LogP contribution is -2.45. The number of aliphatic hydroxyl groups is 1. The van der Waals surface area contributed by atoms with Gasteiger partial charge >= 0.3 is 0 Å². The van der Waals surface area contributed by atoms with Crippen LogP contribution in [-0.2, 0) is 4.79 Å². The number of nitrogens with zero attached hydrogens (tertiary/aromatic N) is 2. The predicted octanol–water partition coefficient (Wildman–Crippen LogP) is 3.04. The number of hydrogen-bond acceptors (Lipinski definition) is 4. The minimum Gasteiger partial charge on any atom is -0.393 e. The molecule has 144 valence electrons. The van der Waals surface area contributed by atoms with E-state index in [0.717, 1.165) is 29.3 Å². The monoisotopic (exact) mass is 367 g/mol. The van der Waals surface area contributed by atoms with Crippen LogP contribution in [0.5, 0.6) is 0 Å². The zero-order chi connectivity index (χ0) is 18.8. The minimum absolute atomic E-state index is 0.0592. The summed E-state index contributed by atoms with van der Waals surface area (Å²) in [5, 5.41) is 14.1. The van der Waals surface area contributed by atoms with Crippen molar-refractivity contribution in [3.63, 3.8) is 0 Å². The van der Waals surface area contributed by atoms with Gasteiger partial charge in [-0.25, -0.2) is 0 Å². The Morgan fingerprint density at radius 1 is 1.30 bits per heavy atom. The van der Waals surface area contributed by atoms with Gasteiger partial charge in [0.25, 0.3) is 0 Å². The van der Waals surface area contributed by atoms with Crippen molar-refractivity contribution in [2.75, 3.05) is 13.6 Å². The summed E-state index contributed by atoms with van der Waals surface area (Å²) in [5.74, 6) is 0.327. The molecule has 1 atom stereocenters. The van der Waals surface area contributed by atoms with Gasteiger partial charge in [-0.2, -0.15) is 0 Å². The number of likely N-dealkylation sites (N-methyl/N-ethyl adjacent to an activating group) is 1. The Morgan fingerprint density at radius 3 is 2.78 bits per heavy atom. The van der Waals surface area contributed by atoms with Crippen LogP contribution < -0.4 is 5.32 Å². The molecule has 2 aromatic rings. The quantitative estimate of drug-likeness (QED) is 0.824. The van der Waals surface area contributed by atoms with E-state index in [2.05, 4.69) is 28.3 Å². The van der Waals surface area contributed by atoms with Gasteiger partial charge in [-0.1, -0.05) is 31.0 Å². The maximum absolute atomic E-state index is 12.7. The molecule has 0 aliphatic heterocycles. The maximum Gasteiger partial charge on any atom is 0.234 e. The number of fused-ring (bicyclic) bond motifs is 1. The number of para-hydroxylation sites is 1. The molecule has 27 heavy (non-hydrogen) atoms. The number of pyridine rings is 1. The Bertz CT molecular complexity index is 797. The Balaban J connectivity index is 1.49. The SMILES string of the molecule is CN(CC(=O)N[C@H](c1cnc2ccccc2c1)C1CC(O)C1)C1CCCC1. The summed E-state index contributed by atoms with van der Waals surface area (Å²) in [4.78, 5) is 19.5. The van der Waals surface area contributed by atoms with Gasteiger partial charge in [0.1, 0.15) is 0 Å². The number of rotatable bonds is 6. The fraction of sp³-hybridized carbons (Fsp3) is 0.545. The van der Waals surface area contributed by atoms with E-state index >= 15 is 0 Å². The molecule has 1 aromatic carbocycles. The van der Waals surface area contributed by atoms with Crippen LogP contribution in [0.2, 0.25) is 0 Å². The zero-order valence-corrected chi connectivity index (χ0v) is 16.0. The van der Waals surface area contributed by atoms with E-state index < -0.39 is 0 Å². The van der Waals surface area contributed by atoms with Crippen molar-refractivity contribution < 1.29 is 9.90 Å². The zero-order valence-electron chi connectivity index (χ0n) is 16.0. The highest BCUT2D eigenvalue weighted by Gasteiger charge is 2.36. The van der Waals surface area contributed by atoms with E-state index in [0.29, 0.717) is 12.6 Å². The van der Waals surface area contributed by atoms with Gasteiger partial charge in [-0.3, -0.25) is 14.7 Å². The standard InChI is InChI=1S/C22H29N3O2/c1-25(18-7-3-4-8-18)14-21(27)24-22(16-11-19(26)12-16)17-10-15-6-2-5-9-20(15)23-13-17/h2,5-6,9-10,13,16,18-19,22,26H,3-4,7-8,11-12,14H2,1H3,(H,24,27)/t16?,19?,22-/m0/s1. The minimum atomic E-state index is -0.246. The molecule has 4 rings (SSSR count). The molecular formula is C22H29N3O2. The van der Waals surface area contributed by atoms with Crippen LogP contribution in [0.3, 0.4) is 0 Å². The second-order valence-electron chi connectivity index (χ2n) is 8.25. The first kappa shape index (κ1) is 18.4. The second kappa shape index (κ2) is 7.95. The largest absolute Gasteiger partial charge is 0.393 e. The molecule has 1 amide bonds. The third-order valence-electron chi connectivity index (χ3n) is 6.25. The average molecular weight is 367 g/mol. The van der Waals surface area contributed by atoms with E-state index in [4.69, 9.17) is 0 Å². The normalized spacial score (nSPS) is 24.1. The summed E-state index contributed by atoms with van der Waals surface area (Å²) in [7, 11) is 2.05. The van der Waals surface area contributed by atoms with Crippen LogP contribution in [-0.4, -0.2) is 46.6 Å². The maximum atomic E-state index is 12.7. The van der Waals surface area contributed by atoms with Gasteiger partial charge in [0, 0.05) is 17.6 Å². The van der Waals surface area contributed by atoms with Gasteiger partial charge < -0.3 is 10.4 Å². The van der Waals surface area contributed by atoms with Crippen molar-refractivity contribution in [3.05, 3.63) is 42.1 Å². The van der Waals surface area contributed by atoms with Gasteiger partial charge in [-0.05, 0) is 56.3 Å². The first-order valence-electron chi connectivity index (χ1n) is 10.1. The molecule has 2 aliphatic carbocycles. The summed E-state index contributed by atoms with van der Waals surface area (Å²) >= 11 is 0. The van der Waals surface area contributed by atoms with Gasteiger partial charge in [0.15, 0.2) is 0 Å². The van der Waals surface area contributed by atoms with Crippen LogP contribution in [0.15, 0.2) is 36.5 Å². The average Bonchev–Trinajstić information content (AvgIpc) is 3.18. The fourth-order valence-corrected chi connectivity index (χ4v) is 4.55. The third-order valence-corrected chi connectivity index (χ3v) is 6.25. The summed E-state index contributed by atoms with van der Waals surface area (Å²) < 4.78 is 0. The molecule has 0 bridgehead atoms. The molecule has 0 spiro atoms. The van der Waals surface area contributed by atoms with Crippen molar-refractivity contribution in [2.45, 2.75) is 56.7 Å². The number of aromatic nitrogens is 1. The molecule has 5 nitrogen and oxygen atoms in total. The first-order valence-corrected chi connectivity index (χ1v) is 10.1. The van der Waals surface area contributed by atoms with Crippen LogP contribution in [0.1, 0.15) is 50.1 Å². The van der Waals surface area contributed by atoms with Crippen molar-refractivity contribution >= 4 is 16.8 Å². The molecule has 5 heteroatoms. The first-order chi connectivity index (χ1) is 13.1. The lowest BCUT2D eigenvalue weighted by atomic mass is 9.75. The summed E-state index contributed by atoms with van der Waals surface area (Å²) in [6.07, 6.45) is 8.01. The van der Waals surface area contributed by atoms with Crippen molar-refractivity contribution in [3.8, 4) is 0 Å². The number of hydrogen-bond donors (Lipinski definition) is 2. The van der Waals surface area contributed by atoms with Crippen molar-refractivity contribution in [1.29, 1.82) is 0 Å². The highest BCUT2D eigenvalue weighted by Crippen LogP contribution is 2.38. The van der Waals surface area contributed by atoms with Crippen LogP contribution in [0.25, 0.3) is 10.9 Å². The summed E-state index contributed by atoms with van der Waals surface area (Å²) in [6.45, 7) is 0.428. The van der Waals surface area contributed by atoms with Gasteiger partial charge in [-0.15, -0.1) is 0 Å². The molecule has 2 aliphatic rings. The molecule has 2 fully saturated rings. The second-order valence-corrected chi connectivity index (χ2v) is 8.25.